The van der Waals surface area contributed by atoms with Crippen molar-refractivity contribution in [3.63, 3.8) is 0 Å². The van der Waals surface area contributed by atoms with Crippen LogP contribution in [0, 0.1) is 6.92 Å². The van der Waals surface area contributed by atoms with Crippen molar-refractivity contribution in [2.24, 2.45) is 7.05 Å². The molecule has 0 amide bonds. The van der Waals surface area contributed by atoms with Crippen molar-refractivity contribution in [1.82, 2.24) is 20.0 Å². The first-order valence-corrected chi connectivity index (χ1v) is 6.53. The van der Waals surface area contributed by atoms with Crippen LogP contribution in [-0.4, -0.2) is 39.9 Å². The van der Waals surface area contributed by atoms with Gasteiger partial charge in [0.25, 0.3) is 0 Å². The van der Waals surface area contributed by atoms with Crippen molar-refractivity contribution < 1.29 is 0 Å². The van der Waals surface area contributed by atoms with Gasteiger partial charge in [0.2, 0.25) is 0 Å². The molecular formula is C13H24N4. The highest BCUT2D eigenvalue weighted by molar-refractivity contribution is 5.15. The summed E-state index contributed by atoms with van der Waals surface area (Å²) in [4.78, 5) is 2.54. The number of hydrogen-bond acceptors (Lipinski definition) is 3. The predicted octanol–water partition coefficient (Wildman–Crippen LogP) is 1.30. The molecule has 1 aliphatic heterocycles. The van der Waals surface area contributed by atoms with Gasteiger partial charge in [0.1, 0.15) is 0 Å². The van der Waals surface area contributed by atoms with Gasteiger partial charge in [-0.15, -0.1) is 0 Å². The molecule has 1 aliphatic rings. The Labute approximate surface area is 104 Å². The Morgan fingerprint density at radius 3 is 2.82 bits per heavy atom. The van der Waals surface area contributed by atoms with Gasteiger partial charge < -0.3 is 5.32 Å². The van der Waals surface area contributed by atoms with Crippen molar-refractivity contribution in [1.29, 1.82) is 0 Å². The second-order valence-corrected chi connectivity index (χ2v) is 5.33. The number of rotatable bonds is 4. The Morgan fingerprint density at radius 1 is 1.53 bits per heavy atom. The molecule has 0 spiro atoms. The lowest BCUT2D eigenvalue weighted by atomic mass is 10.2. The SMILES string of the molecule is Cc1c(CNC2CCN(C(C)C)C2)cnn1C. The van der Waals surface area contributed by atoms with Gasteiger partial charge in [-0.1, -0.05) is 0 Å². The van der Waals surface area contributed by atoms with E-state index in [0.717, 1.165) is 6.54 Å². The van der Waals surface area contributed by atoms with E-state index < -0.39 is 0 Å². The summed E-state index contributed by atoms with van der Waals surface area (Å²) < 4.78 is 1.94. The predicted molar refractivity (Wildman–Crippen MR) is 69.9 cm³/mol. The molecule has 0 aliphatic carbocycles. The van der Waals surface area contributed by atoms with Crippen LogP contribution in [0.1, 0.15) is 31.5 Å². The Bertz CT molecular complexity index is 369. The number of nitrogens with zero attached hydrogens (tertiary/aromatic N) is 3. The van der Waals surface area contributed by atoms with Crippen LogP contribution in [0.25, 0.3) is 0 Å². The minimum Gasteiger partial charge on any atom is -0.308 e. The van der Waals surface area contributed by atoms with Crippen LogP contribution in [0.15, 0.2) is 6.20 Å². The topological polar surface area (TPSA) is 33.1 Å². The quantitative estimate of drug-likeness (QED) is 0.855. The highest BCUT2D eigenvalue weighted by atomic mass is 15.3. The van der Waals surface area contributed by atoms with E-state index in [0.29, 0.717) is 12.1 Å². The molecule has 1 unspecified atom stereocenters. The Kier molecular flexibility index (Phi) is 3.84. The maximum Gasteiger partial charge on any atom is 0.0537 e. The molecular weight excluding hydrogens is 212 g/mol. The third kappa shape index (κ3) is 2.87. The molecule has 0 aromatic carbocycles. The van der Waals surface area contributed by atoms with E-state index in [-0.39, 0.29) is 0 Å². The molecule has 0 bridgehead atoms. The fraction of sp³-hybridized carbons (Fsp3) is 0.769. The fourth-order valence-corrected chi connectivity index (χ4v) is 2.39. The molecule has 1 aromatic heterocycles. The van der Waals surface area contributed by atoms with E-state index in [1.807, 2.05) is 17.9 Å². The van der Waals surface area contributed by atoms with Crippen LogP contribution in [0.4, 0.5) is 0 Å². The smallest absolute Gasteiger partial charge is 0.0537 e. The van der Waals surface area contributed by atoms with Crippen molar-refractivity contribution in [3.05, 3.63) is 17.5 Å². The van der Waals surface area contributed by atoms with E-state index in [1.165, 1.54) is 30.8 Å². The molecule has 1 N–H and O–H groups in total. The van der Waals surface area contributed by atoms with Crippen LogP contribution in [0.2, 0.25) is 0 Å². The van der Waals surface area contributed by atoms with E-state index >= 15 is 0 Å². The second-order valence-electron chi connectivity index (χ2n) is 5.33. The Balaban J connectivity index is 1.82. The summed E-state index contributed by atoms with van der Waals surface area (Å²) in [6, 6.07) is 1.30. The molecule has 2 heterocycles. The maximum atomic E-state index is 4.27. The van der Waals surface area contributed by atoms with Gasteiger partial charge in [0.15, 0.2) is 0 Å². The normalized spacial score (nSPS) is 21.6. The van der Waals surface area contributed by atoms with Gasteiger partial charge in [-0.2, -0.15) is 5.10 Å². The van der Waals surface area contributed by atoms with Gasteiger partial charge in [-0.25, -0.2) is 0 Å². The minimum absolute atomic E-state index is 0.636. The summed E-state index contributed by atoms with van der Waals surface area (Å²) in [7, 11) is 1.99. The molecule has 4 heteroatoms. The van der Waals surface area contributed by atoms with Gasteiger partial charge in [-0.05, 0) is 33.7 Å². The summed E-state index contributed by atoms with van der Waals surface area (Å²) >= 11 is 0. The summed E-state index contributed by atoms with van der Waals surface area (Å²) in [6.07, 6.45) is 3.23. The van der Waals surface area contributed by atoms with Gasteiger partial charge in [0.05, 0.1) is 6.20 Å². The summed E-state index contributed by atoms with van der Waals surface area (Å²) in [5.74, 6) is 0. The van der Waals surface area contributed by atoms with E-state index in [4.69, 9.17) is 0 Å². The lowest BCUT2D eigenvalue weighted by molar-refractivity contribution is 0.268. The summed E-state index contributed by atoms with van der Waals surface area (Å²) in [6.45, 7) is 10.0. The molecule has 2 rings (SSSR count). The number of aromatic nitrogens is 2. The first kappa shape index (κ1) is 12.6. The molecule has 4 nitrogen and oxygen atoms in total. The van der Waals surface area contributed by atoms with Crippen molar-refractivity contribution in [2.45, 2.75) is 45.8 Å². The fourth-order valence-electron chi connectivity index (χ4n) is 2.39. The summed E-state index contributed by atoms with van der Waals surface area (Å²) in [5.41, 5.74) is 2.58. The average molecular weight is 236 g/mol. The molecule has 1 saturated heterocycles. The largest absolute Gasteiger partial charge is 0.308 e. The standard InChI is InChI=1S/C13H24N4/c1-10(2)17-6-5-13(9-17)14-7-12-8-15-16(4)11(12)3/h8,10,13-14H,5-7,9H2,1-4H3. The molecule has 96 valence electrons. The lowest BCUT2D eigenvalue weighted by Crippen LogP contribution is -2.34. The molecule has 1 aromatic rings. The lowest BCUT2D eigenvalue weighted by Gasteiger charge is -2.20. The van der Waals surface area contributed by atoms with Gasteiger partial charge >= 0.3 is 0 Å². The second kappa shape index (κ2) is 5.19. The average Bonchev–Trinajstić information content (AvgIpc) is 2.86. The first-order chi connectivity index (χ1) is 8.08. The third-order valence-corrected chi connectivity index (χ3v) is 3.87. The van der Waals surface area contributed by atoms with E-state index in [9.17, 15) is 0 Å². The molecule has 0 saturated carbocycles. The Hall–Kier alpha value is -0.870. The zero-order chi connectivity index (χ0) is 12.4. The monoisotopic (exact) mass is 236 g/mol. The third-order valence-electron chi connectivity index (χ3n) is 3.87. The van der Waals surface area contributed by atoms with Crippen molar-refractivity contribution in [2.75, 3.05) is 13.1 Å². The number of hydrogen-bond donors (Lipinski definition) is 1. The van der Waals surface area contributed by atoms with E-state index in [1.54, 1.807) is 0 Å². The van der Waals surface area contributed by atoms with Crippen LogP contribution in [0.3, 0.4) is 0 Å². The molecule has 1 atom stereocenters. The molecule has 1 fully saturated rings. The van der Waals surface area contributed by atoms with Crippen molar-refractivity contribution >= 4 is 0 Å². The first-order valence-electron chi connectivity index (χ1n) is 6.53. The maximum absolute atomic E-state index is 4.27. The molecule has 17 heavy (non-hydrogen) atoms. The van der Waals surface area contributed by atoms with Gasteiger partial charge in [0, 0.05) is 43.5 Å². The highest BCUT2D eigenvalue weighted by Gasteiger charge is 2.23. The van der Waals surface area contributed by atoms with Gasteiger partial charge in [-0.3, -0.25) is 9.58 Å². The van der Waals surface area contributed by atoms with Crippen molar-refractivity contribution in [3.8, 4) is 0 Å². The van der Waals surface area contributed by atoms with Crippen LogP contribution in [0.5, 0.6) is 0 Å². The number of likely N-dealkylation sites (tertiary alicyclic amines) is 1. The van der Waals surface area contributed by atoms with E-state index in [2.05, 4.69) is 36.1 Å². The zero-order valence-corrected chi connectivity index (χ0v) is 11.4. The van der Waals surface area contributed by atoms with Crippen LogP contribution < -0.4 is 5.32 Å². The number of aryl methyl sites for hydroxylation is 1. The van der Waals surface area contributed by atoms with Crippen LogP contribution in [-0.2, 0) is 13.6 Å². The van der Waals surface area contributed by atoms with Crippen LogP contribution >= 0.6 is 0 Å². The Morgan fingerprint density at radius 2 is 2.29 bits per heavy atom. The number of nitrogens with one attached hydrogen (secondary N) is 1. The highest BCUT2D eigenvalue weighted by Crippen LogP contribution is 2.13. The minimum atomic E-state index is 0.636. The molecule has 0 radical (unpaired) electrons. The zero-order valence-electron chi connectivity index (χ0n) is 11.4. The summed E-state index contributed by atoms with van der Waals surface area (Å²) in [5, 5.41) is 7.91.